The molecule has 0 fully saturated rings. The van der Waals surface area contributed by atoms with Crippen LogP contribution >= 0.6 is 0 Å². The number of hydrogen-bond donors (Lipinski definition) is 0. The third-order valence-corrected chi connectivity index (χ3v) is 4.45. The van der Waals surface area contributed by atoms with E-state index in [-0.39, 0.29) is 0 Å². The maximum atomic E-state index is 2.45. The molecule has 0 nitrogen and oxygen atoms in total. The van der Waals surface area contributed by atoms with Gasteiger partial charge >= 0.3 is 0 Å². The van der Waals surface area contributed by atoms with Gasteiger partial charge in [-0.05, 0) is 17.8 Å². The summed E-state index contributed by atoms with van der Waals surface area (Å²) in [6.45, 7) is 11.9. The maximum Gasteiger partial charge on any atom is -0.0391 e. The summed E-state index contributed by atoms with van der Waals surface area (Å²) in [6, 6.07) is 0. The van der Waals surface area contributed by atoms with Gasteiger partial charge in [-0.3, -0.25) is 0 Å². The highest BCUT2D eigenvalue weighted by molar-refractivity contribution is 4.67. The van der Waals surface area contributed by atoms with Crippen LogP contribution in [0.2, 0.25) is 0 Å². The van der Waals surface area contributed by atoms with Crippen molar-refractivity contribution in [3.63, 3.8) is 0 Å². The van der Waals surface area contributed by atoms with E-state index in [1.165, 1.54) is 51.4 Å². The molecule has 0 aliphatic carbocycles. The highest BCUT2D eigenvalue weighted by atomic mass is 14.2. The summed E-state index contributed by atoms with van der Waals surface area (Å²) in [7, 11) is 0. The van der Waals surface area contributed by atoms with E-state index in [1.807, 2.05) is 0 Å². The van der Waals surface area contributed by atoms with Gasteiger partial charge in [0.2, 0.25) is 0 Å². The van der Waals surface area contributed by atoms with E-state index in [1.54, 1.807) is 0 Å². The van der Waals surface area contributed by atoms with Crippen molar-refractivity contribution in [3.05, 3.63) is 0 Å². The van der Waals surface area contributed by atoms with Crippen molar-refractivity contribution in [2.75, 3.05) is 0 Å². The van der Waals surface area contributed by atoms with E-state index in [4.69, 9.17) is 0 Å². The Hall–Kier alpha value is 0. The fourth-order valence-corrected chi connectivity index (χ4v) is 2.44. The lowest BCUT2D eigenvalue weighted by molar-refractivity contribution is 0.255. The molecule has 3 atom stereocenters. The predicted molar refractivity (Wildman–Crippen MR) is 75.8 cm³/mol. The molecule has 0 saturated heterocycles. The van der Waals surface area contributed by atoms with Gasteiger partial charge in [0.05, 0.1) is 0 Å². The van der Waals surface area contributed by atoms with Crippen LogP contribution in [0.25, 0.3) is 0 Å². The van der Waals surface area contributed by atoms with Gasteiger partial charge in [-0.25, -0.2) is 0 Å². The van der Waals surface area contributed by atoms with Crippen LogP contribution in [0.15, 0.2) is 0 Å². The SMILES string of the molecule is CCCCCCCCC(C)C(C)C(C)CC. The zero-order chi connectivity index (χ0) is 12.4. The van der Waals surface area contributed by atoms with E-state index >= 15 is 0 Å². The Balaban J connectivity index is 3.45. The minimum absolute atomic E-state index is 0.898. The Kier molecular flexibility index (Phi) is 10.2. The molecule has 0 aromatic rings. The predicted octanol–water partition coefficient (Wildman–Crippen LogP) is 6.06. The molecule has 0 radical (unpaired) electrons. The van der Waals surface area contributed by atoms with Crippen LogP contribution in [0.4, 0.5) is 0 Å². The molecule has 0 heterocycles. The smallest absolute Gasteiger partial charge is 0.0391 e. The normalized spacial score (nSPS) is 17.1. The quantitative estimate of drug-likeness (QED) is 0.397. The molecule has 0 rings (SSSR count). The first-order chi connectivity index (χ1) is 7.63. The summed E-state index contributed by atoms with van der Waals surface area (Å²) >= 11 is 0. The maximum absolute atomic E-state index is 2.45. The van der Waals surface area contributed by atoms with Gasteiger partial charge in [0, 0.05) is 0 Å². The van der Waals surface area contributed by atoms with Crippen molar-refractivity contribution in [2.24, 2.45) is 17.8 Å². The molecule has 98 valence electrons. The molecule has 3 unspecified atom stereocenters. The van der Waals surface area contributed by atoms with Crippen molar-refractivity contribution >= 4 is 0 Å². The van der Waals surface area contributed by atoms with Crippen molar-refractivity contribution in [3.8, 4) is 0 Å². The lowest BCUT2D eigenvalue weighted by Crippen LogP contribution is -2.15. The molecule has 0 aliphatic heterocycles. The standard InChI is InChI=1S/C16H34/c1-6-8-9-10-11-12-13-15(4)16(5)14(3)7-2/h14-16H,6-13H2,1-5H3. The second-order valence-electron chi connectivity index (χ2n) is 5.78. The highest BCUT2D eigenvalue weighted by Gasteiger charge is 2.16. The molecule has 0 spiro atoms. The zero-order valence-electron chi connectivity index (χ0n) is 12.4. The van der Waals surface area contributed by atoms with Gasteiger partial charge in [-0.1, -0.05) is 86.0 Å². The largest absolute Gasteiger partial charge is 0.0654 e. The minimum Gasteiger partial charge on any atom is -0.0654 e. The van der Waals surface area contributed by atoms with Gasteiger partial charge < -0.3 is 0 Å². The Morgan fingerprint density at radius 2 is 1.25 bits per heavy atom. The molecular formula is C16H34. The Labute approximate surface area is 104 Å². The Bertz CT molecular complexity index is 139. The first kappa shape index (κ1) is 16.0. The van der Waals surface area contributed by atoms with E-state index in [2.05, 4.69) is 34.6 Å². The molecule has 0 aliphatic rings. The molecule has 0 heteroatoms. The summed E-state index contributed by atoms with van der Waals surface area (Å²) in [5.41, 5.74) is 0. The Morgan fingerprint density at radius 3 is 1.81 bits per heavy atom. The first-order valence-corrected chi connectivity index (χ1v) is 7.63. The summed E-state index contributed by atoms with van der Waals surface area (Å²) in [6.07, 6.45) is 11.4. The third kappa shape index (κ3) is 7.30. The first-order valence-electron chi connectivity index (χ1n) is 7.63. The summed E-state index contributed by atoms with van der Waals surface area (Å²) in [4.78, 5) is 0. The average molecular weight is 226 g/mol. The molecule has 0 saturated carbocycles. The van der Waals surface area contributed by atoms with Crippen LogP contribution in [0.1, 0.15) is 86.0 Å². The molecule has 0 N–H and O–H groups in total. The van der Waals surface area contributed by atoms with Crippen molar-refractivity contribution in [2.45, 2.75) is 86.0 Å². The summed E-state index contributed by atoms with van der Waals surface area (Å²) in [5.74, 6) is 2.72. The van der Waals surface area contributed by atoms with Crippen LogP contribution in [0, 0.1) is 17.8 Å². The summed E-state index contributed by atoms with van der Waals surface area (Å²) in [5, 5.41) is 0. The van der Waals surface area contributed by atoms with Crippen LogP contribution in [-0.4, -0.2) is 0 Å². The fourth-order valence-electron chi connectivity index (χ4n) is 2.44. The summed E-state index contributed by atoms with van der Waals surface area (Å²) < 4.78 is 0. The third-order valence-electron chi connectivity index (χ3n) is 4.45. The minimum atomic E-state index is 0.898. The zero-order valence-corrected chi connectivity index (χ0v) is 12.4. The average Bonchev–Trinajstić information content (AvgIpc) is 2.31. The van der Waals surface area contributed by atoms with Crippen LogP contribution in [-0.2, 0) is 0 Å². The van der Waals surface area contributed by atoms with E-state index < -0.39 is 0 Å². The molecule has 0 aromatic heterocycles. The van der Waals surface area contributed by atoms with E-state index in [0.29, 0.717) is 0 Å². The van der Waals surface area contributed by atoms with Crippen LogP contribution in [0.5, 0.6) is 0 Å². The lowest BCUT2D eigenvalue weighted by Gasteiger charge is -2.25. The van der Waals surface area contributed by atoms with Crippen LogP contribution < -0.4 is 0 Å². The van der Waals surface area contributed by atoms with E-state index in [0.717, 1.165) is 17.8 Å². The lowest BCUT2D eigenvalue weighted by atomic mass is 9.81. The van der Waals surface area contributed by atoms with Crippen molar-refractivity contribution in [1.29, 1.82) is 0 Å². The van der Waals surface area contributed by atoms with Crippen molar-refractivity contribution in [1.82, 2.24) is 0 Å². The Morgan fingerprint density at radius 1 is 0.688 bits per heavy atom. The second kappa shape index (κ2) is 10.2. The molecule has 0 amide bonds. The van der Waals surface area contributed by atoms with Crippen molar-refractivity contribution < 1.29 is 0 Å². The van der Waals surface area contributed by atoms with Gasteiger partial charge in [0.25, 0.3) is 0 Å². The van der Waals surface area contributed by atoms with Gasteiger partial charge in [0.1, 0.15) is 0 Å². The fraction of sp³-hybridized carbons (Fsp3) is 1.00. The highest BCUT2D eigenvalue weighted by Crippen LogP contribution is 2.27. The van der Waals surface area contributed by atoms with Crippen LogP contribution in [0.3, 0.4) is 0 Å². The molecule has 0 aromatic carbocycles. The molecule has 16 heavy (non-hydrogen) atoms. The monoisotopic (exact) mass is 226 g/mol. The van der Waals surface area contributed by atoms with Gasteiger partial charge in [-0.15, -0.1) is 0 Å². The second-order valence-corrected chi connectivity index (χ2v) is 5.78. The molecular weight excluding hydrogens is 192 g/mol. The number of hydrogen-bond acceptors (Lipinski definition) is 0. The van der Waals surface area contributed by atoms with Gasteiger partial charge in [-0.2, -0.15) is 0 Å². The van der Waals surface area contributed by atoms with E-state index in [9.17, 15) is 0 Å². The topological polar surface area (TPSA) is 0 Å². The van der Waals surface area contributed by atoms with Gasteiger partial charge in [0.15, 0.2) is 0 Å². The molecule has 0 bridgehead atoms. The number of unbranched alkanes of at least 4 members (excludes halogenated alkanes) is 5. The number of rotatable bonds is 10.